The fourth-order valence-electron chi connectivity index (χ4n) is 1.98. The molecule has 0 saturated carbocycles. The molecule has 0 aliphatic heterocycles. The highest BCUT2D eigenvalue weighted by Crippen LogP contribution is 2.24. The number of nitrogens with two attached hydrogens (primary N) is 1. The standard InChI is InChI=1S/C14H19N5OS/c1-8-7-10(5-6-11(8)20-3)9(2)16-13-17-12(15)18-14(19-13)21-4/h5-7,9H,1-4H3,(H3,15,16,17,18,19). The van der Waals surface area contributed by atoms with Crippen LogP contribution in [0.4, 0.5) is 11.9 Å². The van der Waals surface area contributed by atoms with Crippen molar-refractivity contribution in [2.75, 3.05) is 24.4 Å². The quantitative estimate of drug-likeness (QED) is 0.821. The third-order valence-electron chi connectivity index (χ3n) is 3.08. The van der Waals surface area contributed by atoms with Crippen LogP contribution >= 0.6 is 11.8 Å². The number of nitrogens with one attached hydrogen (secondary N) is 1. The van der Waals surface area contributed by atoms with Gasteiger partial charge in [0.1, 0.15) is 5.75 Å². The van der Waals surface area contributed by atoms with Gasteiger partial charge in [-0.3, -0.25) is 0 Å². The number of aromatic nitrogens is 3. The number of benzene rings is 1. The zero-order valence-corrected chi connectivity index (χ0v) is 13.4. The molecule has 1 heterocycles. The molecule has 1 unspecified atom stereocenters. The summed E-state index contributed by atoms with van der Waals surface area (Å²) >= 11 is 1.43. The van der Waals surface area contributed by atoms with E-state index in [4.69, 9.17) is 10.5 Å². The zero-order valence-electron chi connectivity index (χ0n) is 12.5. The van der Waals surface area contributed by atoms with E-state index >= 15 is 0 Å². The van der Waals surface area contributed by atoms with Gasteiger partial charge in [0.2, 0.25) is 11.9 Å². The minimum absolute atomic E-state index is 0.0473. The second-order valence-electron chi connectivity index (χ2n) is 4.60. The summed E-state index contributed by atoms with van der Waals surface area (Å²) in [6.07, 6.45) is 1.90. The number of rotatable bonds is 5. The topological polar surface area (TPSA) is 86.0 Å². The van der Waals surface area contributed by atoms with Crippen molar-refractivity contribution >= 4 is 23.7 Å². The van der Waals surface area contributed by atoms with E-state index in [0.717, 1.165) is 16.9 Å². The van der Waals surface area contributed by atoms with Crippen molar-refractivity contribution < 1.29 is 4.74 Å². The van der Waals surface area contributed by atoms with Gasteiger partial charge in [0.05, 0.1) is 13.2 Å². The summed E-state index contributed by atoms with van der Waals surface area (Å²) in [5.41, 5.74) is 7.89. The lowest BCUT2D eigenvalue weighted by Crippen LogP contribution is -2.12. The molecule has 0 radical (unpaired) electrons. The minimum Gasteiger partial charge on any atom is -0.496 e. The molecule has 0 saturated heterocycles. The molecule has 112 valence electrons. The van der Waals surface area contributed by atoms with E-state index in [9.17, 15) is 0 Å². The Morgan fingerprint density at radius 2 is 2.05 bits per heavy atom. The molecule has 2 rings (SSSR count). The lowest BCUT2D eigenvalue weighted by atomic mass is 10.1. The fraction of sp³-hybridized carbons (Fsp3) is 0.357. The number of methoxy groups -OCH3 is 1. The molecule has 21 heavy (non-hydrogen) atoms. The Labute approximate surface area is 128 Å². The monoisotopic (exact) mass is 305 g/mol. The number of nitrogen functional groups attached to an aromatic ring is 1. The van der Waals surface area contributed by atoms with Gasteiger partial charge in [-0.25, -0.2) is 0 Å². The Hall–Kier alpha value is -2.02. The summed E-state index contributed by atoms with van der Waals surface area (Å²) in [5.74, 6) is 1.57. The highest BCUT2D eigenvalue weighted by atomic mass is 32.2. The van der Waals surface area contributed by atoms with Crippen molar-refractivity contribution in [1.29, 1.82) is 0 Å². The number of ether oxygens (including phenoxy) is 1. The normalized spacial score (nSPS) is 12.0. The first-order valence-corrected chi connectivity index (χ1v) is 7.72. The second kappa shape index (κ2) is 6.62. The van der Waals surface area contributed by atoms with E-state index in [2.05, 4.69) is 26.3 Å². The molecular formula is C14H19N5OS. The van der Waals surface area contributed by atoms with Crippen molar-refractivity contribution in [3.8, 4) is 5.75 Å². The maximum Gasteiger partial charge on any atom is 0.228 e. The first-order chi connectivity index (χ1) is 10.0. The van der Waals surface area contributed by atoms with E-state index in [1.807, 2.05) is 32.2 Å². The van der Waals surface area contributed by atoms with Crippen LogP contribution in [0.3, 0.4) is 0 Å². The van der Waals surface area contributed by atoms with Gasteiger partial charge in [-0.1, -0.05) is 23.9 Å². The highest BCUT2D eigenvalue weighted by Gasteiger charge is 2.11. The molecule has 0 aliphatic carbocycles. The maximum absolute atomic E-state index is 5.68. The predicted molar refractivity (Wildman–Crippen MR) is 85.8 cm³/mol. The first-order valence-electron chi connectivity index (χ1n) is 6.50. The summed E-state index contributed by atoms with van der Waals surface area (Å²) in [6.45, 7) is 4.06. The third-order valence-corrected chi connectivity index (χ3v) is 3.63. The summed E-state index contributed by atoms with van der Waals surface area (Å²) < 4.78 is 5.27. The number of hydrogen-bond acceptors (Lipinski definition) is 7. The highest BCUT2D eigenvalue weighted by molar-refractivity contribution is 7.98. The molecule has 0 aliphatic rings. The molecule has 6 nitrogen and oxygen atoms in total. The van der Waals surface area contributed by atoms with Gasteiger partial charge in [0.15, 0.2) is 5.16 Å². The SMILES string of the molecule is COc1ccc(C(C)Nc2nc(N)nc(SC)n2)cc1C. The van der Waals surface area contributed by atoms with Crippen LogP contribution in [-0.2, 0) is 0 Å². The Kier molecular flexibility index (Phi) is 4.85. The molecule has 0 fully saturated rings. The molecule has 2 aromatic rings. The van der Waals surface area contributed by atoms with E-state index in [1.165, 1.54) is 11.8 Å². The number of hydrogen-bond donors (Lipinski definition) is 2. The number of aryl methyl sites for hydroxylation is 1. The average Bonchev–Trinajstić information content (AvgIpc) is 2.46. The molecule has 1 aromatic carbocycles. The Morgan fingerprint density at radius 1 is 1.29 bits per heavy atom. The van der Waals surface area contributed by atoms with Crippen molar-refractivity contribution in [3.05, 3.63) is 29.3 Å². The summed E-state index contributed by atoms with van der Waals surface area (Å²) in [7, 11) is 1.67. The van der Waals surface area contributed by atoms with Crippen LogP contribution in [0.5, 0.6) is 5.75 Å². The summed E-state index contributed by atoms with van der Waals surface area (Å²) in [4.78, 5) is 12.4. The van der Waals surface area contributed by atoms with Crippen LogP contribution in [0.2, 0.25) is 0 Å². The molecular weight excluding hydrogens is 286 g/mol. The molecule has 1 aromatic heterocycles. The molecule has 3 N–H and O–H groups in total. The Morgan fingerprint density at radius 3 is 2.67 bits per heavy atom. The second-order valence-corrected chi connectivity index (χ2v) is 5.37. The van der Waals surface area contributed by atoms with Gasteiger partial charge < -0.3 is 15.8 Å². The summed E-state index contributed by atoms with van der Waals surface area (Å²) in [6, 6.07) is 6.10. The van der Waals surface area contributed by atoms with Gasteiger partial charge in [0.25, 0.3) is 0 Å². The van der Waals surface area contributed by atoms with E-state index in [-0.39, 0.29) is 12.0 Å². The maximum atomic E-state index is 5.68. The van der Waals surface area contributed by atoms with E-state index in [0.29, 0.717) is 11.1 Å². The molecule has 0 amide bonds. The van der Waals surface area contributed by atoms with Crippen LogP contribution in [0, 0.1) is 6.92 Å². The van der Waals surface area contributed by atoms with Gasteiger partial charge in [-0.05, 0) is 37.3 Å². The van der Waals surface area contributed by atoms with Crippen LogP contribution in [0.25, 0.3) is 0 Å². The number of anilines is 2. The van der Waals surface area contributed by atoms with Crippen molar-refractivity contribution in [2.45, 2.75) is 25.0 Å². The smallest absolute Gasteiger partial charge is 0.228 e. The van der Waals surface area contributed by atoms with E-state index < -0.39 is 0 Å². The fourth-order valence-corrected chi connectivity index (χ4v) is 2.34. The van der Waals surface area contributed by atoms with Crippen LogP contribution < -0.4 is 15.8 Å². The molecule has 1 atom stereocenters. The third kappa shape index (κ3) is 3.75. The van der Waals surface area contributed by atoms with Crippen molar-refractivity contribution in [2.24, 2.45) is 0 Å². The molecule has 0 spiro atoms. The van der Waals surface area contributed by atoms with Crippen LogP contribution in [-0.4, -0.2) is 28.3 Å². The zero-order chi connectivity index (χ0) is 15.4. The molecule has 7 heteroatoms. The Balaban J connectivity index is 2.19. The van der Waals surface area contributed by atoms with Gasteiger partial charge in [-0.2, -0.15) is 15.0 Å². The molecule has 0 bridgehead atoms. The van der Waals surface area contributed by atoms with Gasteiger partial charge in [-0.15, -0.1) is 0 Å². The van der Waals surface area contributed by atoms with Crippen molar-refractivity contribution in [3.63, 3.8) is 0 Å². The minimum atomic E-state index is 0.0473. The predicted octanol–water partition coefficient (Wildman–Crippen LogP) is 2.67. The van der Waals surface area contributed by atoms with E-state index in [1.54, 1.807) is 7.11 Å². The Bertz CT molecular complexity index is 635. The largest absolute Gasteiger partial charge is 0.496 e. The van der Waals surface area contributed by atoms with Crippen molar-refractivity contribution in [1.82, 2.24) is 15.0 Å². The lowest BCUT2D eigenvalue weighted by molar-refractivity contribution is 0.411. The van der Waals surface area contributed by atoms with Gasteiger partial charge in [0, 0.05) is 0 Å². The summed E-state index contributed by atoms with van der Waals surface area (Å²) in [5, 5.41) is 3.84. The van der Waals surface area contributed by atoms with Crippen LogP contribution in [0.1, 0.15) is 24.1 Å². The average molecular weight is 305 g/mol. The van der Waals surface area contributed by atoms with Crippen LogP contribution in [0.15, 0.2) is 23.4 Å². The van der Waals surface area contributed by atoms with Gasteiger partial charge >= 0.3 is 0 Å². The number of nitrogens with zero attached hydrogens (tertiary/aromatic N) is 3. The lowest BCUT2D eigenvalue weighted by Gasteiger charge is -2.16. The number of thioether (sulfide) groups is 1. The first kappa shape index (κ1) is 15.4.